The predicted molar refractivity (Wildman–Crippen MR) is 144 cm³/mol. The van der Waals surface area contributed by atoms with Crippen molar-refractivity contribution in [1.82, 2.24) is 20.1 Å². The molecule has 0 radical (unpaired) electrons. The topological polar surface area (TPSA) is 123 Å². The van der Waals surface area contributed by atoms with E-state index in [2.05, 4.69) is 32.3 Å². The fraction of sp³-hybridized carbons (Fsp3) is 0.462. The van der Waals surface area contributed by atoms with Crippen LogP contribution in [-0.2, 0) is 24.8 Å². The molecule has 2 aliphatic heterocycles. The lowest BCUT2D eigenvalue weighted by molar-refractivity contribution is -0.149. The Bertz CT molecular complexity index is 1490. The fourth-order valence-electron chi connectivity index (χ4n) is 5.43. The van der Waals surface area contributed by atoms with E-state index in [-0.39, 0.29) is 41.7 Å². The lowest BCUT2D eigenvalue weighted by Gasteiger charge is -2.50. The molecule has 1 aliphatic carbocycles. The summed E-state index contributed by atoms with van der Waals surface area (Å²) in [5, 5.41) is 11.1. The number of likely N-dealkylation sites (tertiary alicyclic amines) is 2. The minimum Gasteiger partial charge on any atom is -0.336 e. The van der Waals surface area contributed by atoms with E-state index in [1.54, 1.807) is 12.1 Å². The van der Waals surface area contributed by atoms with Crippen molar-refractivity contribution < 1.29 is 22.4 Å². The number of hydrogen-bond acceptors (Lipinski definition) is 7. The number of aromatic nitrogens is 1. The second-order valence-corrected chi connectivity index (χ2v) is 13.9. The van der Waals surface area contributed by atoms with E-state index in [0.717, 1.165) is 0 Å². The number of nitriles is 1. The molecular weight excluding hydrogens is 613 g/mol. The van der Waals surface area contributed by atoms with Crippen molar-refractivity contribution in [3.63, 3.8) is 0 Å². The monoisotopic (exact) mass is 637 g/mol. The third-order valence-corrected chi connectivity index (χ3v) is 10.9. The van der Waals surface area contributed by atoms with Crippen LogP contribution in [0.5, 0.6) is 0 Å². The summed E-state index contributed by atoms with van der Waals surface area (Å²) >= 11 is 9.40. The van der Waals surface area contributed by atoms with Gasteiger partial charge in [-0.25, -0.2) is 12.8 Å². The molecule has 1 aromatic heterocycles. The van der Waals surface area contributed by atoms with Gasteiger partial charge < -0.3 is 15.1 Å². The highest BCUT2D eigenvalue weighted by Crippen LogP contribution is 2.41. The lowest BCUT2D eigenvalue weighted by atomic mass is 9.74. The van der Waals surface area contributed by atoms with E-state index in [0.29, 0.717) is 23.9 Å². The number of rotatable bonds is 7. The molecule has 2 unspecified atom stereocenters. The number of amides is 2. The maximum Gasteiger partial charge on any atom is 0.244 e. The Morgan fingerprint density at radius 1 is 1.31 bits per heavy atom. The normalized spacial score (nSPS) is 23.5. The Hall–Kier alpha value is -2.59. The van der Waals surface area contributed by atoms with E-state index in [9.17, 15) is 23.3 Å². The molecule has 206 valence electrons. The number of nitrogens with zero attached hydrogens (tertiary/aromatic N) is 4. The maximum absolute atomic E-state index is 15.2. The Kier molecular flexibility index (Phi) is 7.24. The summed E-state index contributed by atoms with van der Waals surface area (Å²) in [6.07, 6.45) is 2.17. The van der Waals surface area contributed by atoms with Crippen molar-refractivity contribution in [1.29, 1.82) is 5.26 Å². The maximum atomic E-state index is 15.2. The number of sulfone groups is 1. The second-order valence-electron chi connectivity index (χ2n) is 10.4. The van der Waals surface area contributed by atoms with Crippen LogP contribution in [-0.4, -0.2) is 78.0 Å². The lowest BCUT2D eigenvalue weighted by Crippen LogP contribution is -2.68. The highest BCUT2D eigenvalue weighted by molar-refractivity contribution is 9.10. The van der Waals surface area contributed by atoms with Crippen LogP contribution >= 0.6 is 27.5 Å². The Morgan fingerprint density at radius 2 is 2.00 bits per heavy atom. The minimum absolute atomic E-state index is 0.0416. The summed E-state index contributed by atoms with van der Waals surface area (Å²) in [5.41, 5.74) is -2.46. The average Bonchev–Trinajstić information content (AvgIpc) is 3.49. The van der Waals surface area contributed by atoms with Gasteiger partial charge in [0.05, 0.1) is 26.9 Å². The number of carbonyl (C=O) groups excluding carboxylic acids is 2. The molecule has 2 amide bonds. The van der Waals surface area contributed by atoms with Gasteiger partial charge in [0.1, 0.15) is 22.8 Å². The molecule has 3 aliphatic rings. The zero-order valence-corrected chi connectivity index (χ0v) is 24.2. The SMILES string of the molecule is CCN1CC(C(=O)N2CC(S(=O)(=O)c3ccccc3Cl)CC2C(=O)NC2(C#N)CC2)(c2ncc(Br)cc2F)C1. The molecule has 1 saturated carbocycles. The van der Waals surface area contributed by atoms with Gasteiger partial charge in [0.2, 0.25) is 11.8 Å². The minimum atomic E-state index is -4.04. The van der Waals surface area contributed by atoms with Crippen LogP contribution in [0.1, 0.15) is 31.9 Å². The standard InChI is InChI=1S/C26H26BrClFN5O4S/c1-2-33-14-26(15-33,22-19(29)9-16(27)11-31-22)24(36)34-12-17(39(37,38)21-6-4-3-5-18(21)28)10-20(34)23(35)32-25(13-30)7-8-25/h3-6,9,11,17,20H,2,7-8,10,12,14-15H2,1H3,(H,32,35). The molecule has 2 aromatic rings. The van der Waals surface area contributed by atoms with Crippen LogP contribution < -0.4 is 5.32 Å². The van der Waals surface area contributed by atoms with E-state index in [1.165, 1.54) is 29.3 Å². The van der Waals surface area contributed by atoms with Gasteiger partial charge in [0.25, 0.3) is 0 Å². The van der Waals surface area contributed by atoms with Crippen molar-refractivity contribution in [2.75, 3.05) is 26.2 Å². The number of hydrogen-bond donors (Lipinski definition) is 1. The quantitative estimate of drug-likeness (QED) is 0.495. The highest BCUT2D eigenvalue weighted by atomic mass is 79.9. The molecule has 13 heteroatoms. The molecule has 0 spiro atoms. The van der Waals surface area contributed by atoms with Crippen LogP contribution in [0.15, 0.2) is 45.9 Å². The number of halogens is 3. The average molecular weight is 639 g/mol. The number of likely N-dealkylation sites (N-methyl/N-ethyl adjacent to an activating group) is 1. The van der Waals surface area contributed by atoms with E-state index < -0.39 is 49.7 Å². The highest BCUT2D eigenvalue weighted by Gasteiger charge is 2.58. The molecule has 39 heavy (non-hydrogen) atoms. The molecule has 3 heterocycles. The summed E-state index contributed by atoms with van der Waals surface area (Å²) in [7, 11) is -4.04. The van der Waals surface area contributed by atoms with Gasteiger partial charge in [-0.2, -0.15) is 5.26 Å². The Labute approximate surface area is 239 Å². The zero-order valence-electron chi connectivity index (χ0n) is 21.0. The fourth-order valence-corrected chi connectivity index (χ4v) is 7.95. The van der Waals surface area contributed by atoms with Gasteiger partial charge in [-0.15, -0.1) is 0 Å². The summed E-state index contributed by atoms with van der Waals surface area (Å²) in [4.78, 5) is 35.1. The molecule has 0 bridgehead atoms. The molecule has 5 rings (SSSR count). The largest absolute Gasteiger partial charge is 0.336 e. The first-order valence-corrected chi connectivity index (χ1v) is 15.2. The third kappa shape index (κ3) is 4.84. The molecule has 9 nitrogen and oxygen atoms in total. The van der Waals surface area contributed by atoms with Crippen molar-refractivity contribution in [2.45, 2.75) is 53.3 Å². The molecule has 1 aromatic carbocycles. The molecule has 2 saturated heterocycles. The number of pyridine rings is 1. The van der Waals surface area contributed by atoms with Gasteiger partial charge in [-0.3, -0.25) is 14.6 Å². The van der Waals surface area contributed by atoms with Gasteiger partial charge >= 0.3 is 0 Å². The van der Waals surface area contributed by atoms with Crippen LogP contribution in [0.25, 0.3) is 0 Å². The number of nitrogens with one attached hydrogen (secondary N) is 1. The first-order chi connectivity index (χ1) is 18.5. The number of carbonyl (C=O) groups is 2. The molecule has 1 N–H and O–H groups in total. The van der Waals surface area contributed by atoms with Gasteiger partial charge in [0, 0.05) is 30.3 Å². The summed E-state index contributed by atoms with van der Waals surface area (Å²) < 4.78 is 42.9. The van der Waals surface area contributed by atoms with E-state index in [1.807, 2.05) is 11.8 Å². The van der Waals surface area contributed by atoms with Gasteiger partial charge in [-0.1, -0.05) is 30.7 Å². The van der Waals surface area contributed by atoms with E-state index in [4.69, 9.17) is 11.6 Å². The Morgan fingerprint density at radius 3 is 2.59 bits per heavy atom. The first kappa shape index (κ1) is 28.0. The smallest absolute Gasteiger partial charge is 0.244 e. The zero-order chi connectivity index (χ0) is 28.2. The van der Waals surface area contributed by atoms with Crippen LogP contribution in [0.4, 0.5) is 4.39 Å². The van der Waals surface area contributed by atoms with Gasteiger partial charge in [0.15, 0.2) is 9.84 Å². The van der Waals surface area contributed by atoms with Crippen LogP contribution in [0, 0.1) is 17.1 Å². The van der Waals surface area contributed by atoms with Crippen LogP contribution in [0.3, 0.4) is 0 Å². The number of benzene rings is 1. The van der Waals surface area contributed by atoms with Crippen molar-refractivity contribution >= 4 is 49.2 Å². The predicted octanol–water partition coefficient (Wildman–Crippen LogP) is 2.83. The Balaban J connectivity index is 1.53. The summed E-state index contributed by atoms with van der Waals surface area (Å²) in [6, 6.07) is 8.16. The molecule has 3 fully saturated rings. The van der Waals surface area contributed by atoms with Crippen molar-refractivity contribution in [3.05, 3.63) is 57.5 Å². The van der Waals surface area contributed by atoms with Crippen LogP contribution in [0.2, 0.25) is 5.02 Å². The van der Waals surface area contributed by atoms with Gasteiger partial charge in [-0.05, 0) is 59.9 Å². The second kappa shape index (κ2) is 10.1. The van der Waals surface area contributed by atoms with Crippen molar-refractivity contribution in [3.8, 4) is 6.07 Å². The summed E-state index contributed by atoms with van der Waals surface area (Å²) in [6.45, 7) is 2.59. The molecular formula is C26H26BrClFN5O4S. The summed E-state index contributed by atoms with van der Waals surface area (Å²) in [5.74, 6) is -1.85. The first-order valence-electron chi connectivity index (χ1n) is 12.5. The van der Waals surface area contributed by atoms with E-state index >= 15 is 4.39 Å². The van der Waals surface area contributed by atoms with Crippen molar-refractivity contribution in [2.24, 2.45) is 0 Å². The molecule has 2 atom stereocenters. The third-order valence-electron chi connectivity index (χ3n) is 7.84.